The van der Waals surface area contributed by atoms with Crippen LogP contribution in [0.5, 0.6) is 5.75 Å². The number of ether oxygens (including phenoxy) is 1. The maximum Gasteiger partial charge on any atom is 0.221 e. The van der Waals surface area contributed by atoms with Gasteiger partial charge in [-0.3, -0.25) is 9.79 Å². The minimum Gasteiger partial charge on any atom is -0.495 e. The molecule has 0 saturated heterocycles. The molecule has 0 bridgehead atoms. The number of hydrogen-bond acceptors (Lipinski definition) is 5. The van der Waals surface area contributed by atoms with Gasteiger partial charge in [0.15, 0.2) is 5.96 Å². The van der Waals surface area contributed by atoms with Crippen molar-refractivity contribution in [2.75, 3.05) is 19.5 Å². The van der Waals surface area contributed by atoms with Gasteiger partial charge in [0.1, 0.15) is 10.8 Å². The number of thiazole rings is 1. The number of aliphatic imine (C=N–C) groups is 1. The number of guanidine groups is 1. The normalized spacial score (nSPS) is 10.8. The van der Waals surface area contributed by atoms with Crippen molar-refractivity contribution in [1.82, 2.24) is 15.6 Å². The quantitative estimate of drug-likeness (QED) is 0.320. The SMILES string of the molecule is CN=C(NCc1ccc(OC)c(NC(C)=O)c1)NCc1nc(C)c(C)s1.I. The number of aryl methyl sites for hydroxylation is 2. The summed E-state index contributed by atoms with van der Waals surface area (Å²) >= 11 is 1.68. The topological polar surface area (TPSA) is 87.6 Å². The van der Waals surface area contributed by atoms with Crippen LogP contribution in [0.1, 0.15) is 28.1 Å². The Kier molecular flexibility index (Phi) is 9.50. The van der Waals surface area contributed by atoms with E-state index < -0.39 is 0 Å². The first kappa shape index (κ1) is 23.2. The summed E-state index contributed by atoms with van der Waals surface area (Å²) in [6, 6.07) is 5.66. The number of nitrogens with zero attached hydrogens (tertiary/aromatic N) is 2. The van der Waals surface area contributed by atoms with Gasteiger partial charge in [0.2, 0.25) is 5.91 Å². The molecular weight excluding hydrogens is 477 g/mol. The highest BCUT2D eigenvalue weighted by Gasteiger charge is 2.08. The molecule has 9 heteroatoms. The summed E-state index contributed by atoms with van der Waals surface area (Å²) in [7, 11) is 3.30. The largest absolute Gasteiger partial charge is 0.495 e. The number of aromatic nitrogens is 1. The lowest BCUT2D eigenvalue weighted by Gasteiger charge is -2.13. The monoisotopic (exact) mass is 503 g/mol. The van der Waals surface area contributed by atoms with Crippen LogP contribution in [0.3, 0.4) is 0 Å². The highest BCUT2D eigenvalue weighted by molar-refractivity contribution is 14.0. The standard InChI is InChI=1S/C18H25N5O2S.HI/c1-11-12(2)26-17(22-11)10-21-18(19-4)20-9-14-6-7-16(25-5)15(8-14)23-13(3)24;/h6-8H,9-10H2,1-5H3,(H,23,24)(H2,19,20,21);1H. The van der Waals surface area contributed by atoms with Crippen LogP contribution in [-0.4, -0.2) is 31.0 Å². The molecule has 27 heavy (non-hydrogen) atoms. The van der Waals surface area contributed by atoms with Gasteiger partial charge in [-0.1, -0.05) is 6.07 Å². The fourth-order valence-electron chi connectivity index (χ4n) is 2.33. The van der Waals surface area contributed by atoms with Crippen LogP contribution in [0.2, 0.25) is 0 Å². The summed E-state index contributed by atoms with van der Waals surface area (Å²) in [4.78, 5) is 21.3. The molecule has 0 aliphatic heterocycles. The second-order valence-corrected chi connectivity index (χ2v) is 7.03. The number of rotatable bonds is 6. The predicted octanol–water partition coefficient (Wildman–Crippen LogP) is 3.21. The van der Waals surface area contributed by atoms with Crippen LogP contribution in [0.15, 0.2) is 23.2 Å². The van der Waals surface area contributed by atoms with E-state index in [4.69, 9.17) is 4.74 Å². The van der Waals surface area contributed by atoms with Gasteiger partial charge < -0.3 is 20.7 Å². The first-order chi connectivity index (χ1) is 12.4. The summed E-state index contributed by atoms with van der Waals surface area (Å²) in [6.45, 7) is 6.74. The minimum atomic E-state index is -0.139. The Bertz CT molecular complexity index is 788. The van der Waals surface area contributed by atoms with E-state index in [2.05, 4.69) is 32.9 Å². The van der Waals surface area contributed by atoms with Crippen LogP contribution >= 0.6 is 35.3 Å². The van der Waals surface area contributed by atoms with Gasteiger partial charge in [0, 0.05) is 25.4 Å². The molecule has 0 aliphatic rings. The van der Waals surface area contributed by atoms with Gasteiger partial charge >= 0.3 is 0 Å². The molecule has 1 aromatic carbocycles. The van der Waals surface area contributed by atoms with Crippen LogP contribution in [0.4, 0.5) is 5.69 Å². The third kappa shape index (κ3) is 6.98. The van der Waals surface area contributed by atoms with Gasteiger partial charge in [-0.2, -0.15) is 0 Å². The fourth-order valence-corrected chi connectivity index (χ4v) is 3.21. The van der Waals surface area contributed by atoms with Crippen LogP contribution in [-0.2, 0) is 17.9 Å². The van der Waals surface area contributed by atoms with Crippen molar-refractivity contribution in [2.24, 2.45) is 4.99 Å². The first-order valence-electron chi connectivity index (χ1n) is 8.25. The zero-order chi connectivity index (χ0) is 19.1. The molecule has 3 N–H and O–H groups in total. The highest BCUT2D eigenvalue weighted by atomic mass is 127. The van der Waals surface area contributed by atoms with Crippen LogP contribution in [0, 0.1) is 13.8 Å². The van der Waals surface area contributed by atoms with E-state index in [9.17, 15) is 4.79 Å². The first-order valence-corrected chi connectivity index (χ1v) is 9.06. The zero-order valence-electron chi connectivity index (χ0n) is 16.2. The molecule has 2 aromatic rings. The van der Waals surface area contributed by atoms with Gasteiger partial charge in [0.25, 0.3) is 0 Å². The summed E-state index contributed by atoms with van der Waals surface area (Å²) in [5.41, 5.74) is 2.72. The van der Waals surface area contributed by atoms with Crippen molar-refractivity contribution in [2.45, 2.75) is 33.9 Å². The van der Waals surface area contributed by atoms with Crippen molar-refractivity contribution in [3.8, 4) is 5.75 Å². The lowest BCUT2D eigenvalue weighted by atomic mass is 10.2. The third-order valence-corrected chi connectivity index (χ3v) is 4.81. The van der Waals surface area contributed by atoms with Gasteiger partial charge in [-0.25, -0.2) is 4.98 Å². The highest BCUT2D eigenvalue weighted by Crippen LogP contribution is 2.25. The lowest BCUT2D eigenvalue weighted by molar-refractivity contribution is -0.114. The Morgan fingerprint density at radius 3 is 2.52 bits per heavy atom. The summed E-state index contributed by atoms with van der Waals surface area (Å²) in [6.07, 6.45) is 0. The van der Waals surface area contributed by atoms with Crippen molar-refractivity contribution < 1.29 is 9.53 Å². The summed E-state index contributed by atoms with van der Waals surface area (Å²) in [5.74, 6) is 1.17. The molecule has 0 saturated carbocycles. The van der Waals surface area contributed by atoms with Gasteiger partial charge in [-0.05, 0) is 31.5 Å². The molecule has 1 heterocycles. The summed E-state index contributed by atoms with van der Waals surface area (Å²) < 4.78 is 5.27. The minimum absolute atomic E-state index is 0. The van der Waals surface area contributed by atoms with E-state index in [-0.39, 0.29) is 29.9 Å². The van der Waals surface area contributed by atoms with E-state index in [1.54, 1.807) is 25.5 Å². The molecular formula is C18H26IN5O2S. The maximum atomic E-state index is 11.3. The Labute approximate surface area is 181 Å². The van der Waals surface area contributed by atoms with Crippen molar-refractivity contribution in [1.29, 1.82) is 0 Å². The predicted molar refractivity (Wildman–Crippen MR) is 121 cm³/mol. The van der Waals surface area contributed by atoms with Crippen LogP contribution < -0.4 is 20.7 Å². The molecule has 148 valence electrons. The second kappa shape index (κ2) is 11.1. The smallest absolute Gasteiger partial charge is 0.221 e. The molecule has 0 fully saturated rings. The van der Waals surface area contributed by atoms with E-state index in [1.165, 1.54) is 11.8 Å². The number of benzene rings is 1. The molecule has 1 aromatic heterocycles. The number of carbonyl (C=O) groups is 1. The molecule has 0 unspecified atom stereocenters. The van der Waals surface area contributed by atoms with Crippen LogP contribution in [0.25, 0.3) is 0 Å². The second-order valence-electron chi connectivity index (χ2n) is 5.74. The third-order valence-electron chi connectivity index (χ3n) is 3.74. The number of nitrogens with one attached hydrogen (secondary N) is 3. The van der Waals surface area contributed by atoms with E-state index in [0.717, 1.165) is 16.3 Å². The lowest BCUT2D eigenvalue weighted by Crippen LogP contribution is -2.36. The fraction of sp³-hybridized carbons (Fsp3) is 0.389. The van der Waals surface area contributed by atoms with Gasteiger partial charge in [0.05, 0.1) is 25.0 Å². The number of carbonyl (C=O) groups excluding carboxylic acids is 1. The Balaban J connectivity index is 0.00000364. The number of amides is 1. The van der Waals surface area contributed by atoms with E-state index in [1.807, 2.05) is 25.1 Å². The maximum absolute atomic E-state index is 11.3. The van der Waals surface area contributed by atoms with Crippen molar-refractivity contribution in [3.05, 3.63) is 39.3 Å². The summed E-state index contributed by atoms with van der Waals surface area (Å²) in [5, 5.41) is 10.3. The number of halogens is 1. The van der Waals surface area contributed by atoms with Gasteiger partial charge in [-0.15, -0.1) is 35.3 Å². The number of hydrogen-bond donors (Lipinski definition) is 3. The molecule has 0 aliphatic carbocycles. The van der Waals surface area contributed by atoms with Crippen molar-refractivity contribution in [3.63, 3.8) is 0 Å². The molecule has 0 spiro atoms. The Morgan fingerprint density at radius 2 is 1.96 bits per heavy atom. The van der Waals surface area contributed by atoms with Crippen molar-refractivity contribution >= 4 is 52.9 Å². The Morgan fingerprint density at radius 1 is 1.26 bits per heavy atom. The average Bonchev–Trinajstić information content (AvgIpc) is 2.92. The molecule has 2 rings (SSSR count). The number of anilines is 1. The molecule has 1 amide bonds. The molecule has 7 nitrogen and oxygen atoms in total. The van der Waals surface area contributed by atoms with E-state index >= 15 is 0 Å². The molecule has 0 atom stereocenters. The molecule has 0 radical (unpaired) electrons. The average molecular weight is 503 g/mol. The Hall–Kier alpha value is -1.88. The van der Waals surface area contributed by atoms with E-state index in [0.29, 0.717) is 30.5 Å². The zero-order valence-corrected chi connectivity index (χ0v) is 19.3. The number of methoxy groups -OCH3 is 1.